The number of pyridine rings is 1. The molecule has 0 aliphatic carbocycles. The molecule has 23 heavy (non-hydrogen) atoms. The molecule has 2 heterocycles. The average molecular weight is 383 g/mol. The second-order valence-corrected chi connectivity index (χ2v) is 5.65. The third kappa shape index (κ3) is 4.24. The van der Waals surface area contributed by atoms with Crippen LogP contribution in [-0.2, 0) is 6.18 Å². The van der Waals surface area contributed by atoms with Gasteiger partial charge in [0.05, 0.1) is 21.8 Å². The molecule has 0 aliphatic rings. The number of halogens is 5. The highest BCUT2D eigenvalue weighted by Gasteiger charge is 2.31. The molecule has 2 aromatic rings. The lowest BCUT2D eigenvalue weighted by Gasteiger charge is -2.10. The zero-order valence-corrected chi connectivity index (χ0v) is 13.6. The number of anilines is 1. The molecule has 0 unspecified atom stereocenters. The first kappa shape index (κ1) is 17.8. The fourth-order valence-electron chi connectivity index (χ4n) is 1.46. The lowest BCUT2D eigenvalue weighted by molar-refractivity contribution is -0.137. The molecule has 0 saturated carbocycles. The minimum Gasteiger partial charge on any atom is -0.304 e. The van der Waals surface area contributed by atoms with Crippen molar-refractivity contribution in [3.8, 4) is 0 Å². The molecule has 122 valence electrons. The summed E-state index contributed by atoms with van der Waals surface area (Å²) in [4.78, 5) is 23.4. The molecule has 0 aliphatic heterocycles. The molecule has 0 bridgehead atoms. The van der Waals surface area contributed by atoms with E-state index in [0.29, 0.717) is 17.4 Å². The third-order valence-corrected chi connectivity index (χ3v) is 3.65. The van der Waals surface area contributed by atoms with Gasteiger partial charge in [-0.15, -0.1) is 0 Å². The quantitative estimate of drug-likeness (QED) is 0.637. The summed E-state index contributed by atoms with van der Waals surface area (Å²) < 4.78 is 37.6. The number of amides is 1. The van der Waals surface area contributed by atoms with Gasteiger partial charge < -0.3 is 5.32 Å². The maximum absolute atomic E-state index is 12.5. The predicted molar refractivity (Wildman–Crippen MR) is 81.0 cm³/mol. The summed E-state index contributed by atoms with van der Waals surface area (Å²) >= 11 is 12.8. The summed E-state index contributed by atoms with van der Waals surface area (Å²) in [6.07, 6.45) is -1.06. The number of rotatable bonds is 3. The molecule has 1 N–H and O–H groups in total. The standard InChI is InChI=1S/C12H7Cl2F3N4OS/c1-23-11-19-4-7(14)8(20-11)10(22)21-9-6(13)2-5(3-18-9)12(15,16)17/h2-4H,1H3,(H,18,21,22). The van der Waals surface area contributed by atoms with Crippen molar-refractivity contribution in [2.24, 2.45) is 0 Å². The lowest BCUT2D eigenvalue weighted by atomic mass is 10.2. The fourth-order valence-corrected chi connectivity index (χ4v) is 2.19. The molecule has 11 heteroatoms. The van der Waals surface area contributed by atoms with Crippen LogP contribution >= 0.6 is 35.0 Å². The van der Waals surface area contributed by atoms with Gasteiger partial charge in [-0.25, -0.2) is 15.0 Å². The van der Waals surface area contributed by atoms with Gasteiger partial charge in [0.2, 0.25) is 0 Å². The molecule has 0 aromatic carbocycles. The smallest absolute Gasteiger partial charge is 0.304 e. The van der Waals surface area contributed by atoms with Crippen molar-refractivity contribution in [1.82, 2.24) is 15.0 Å². The summed E-state index contributed by atoms with van der Waals surface area (Å²) in [5, 5.41) is 2.21. The summed E-state index contributed by atoms with van der Waals surface area (Å²) in [7, 11) is 0. The number of carbonyl (C=O) groups is 1. The van der Waals surface area contributed by atoms with E-state index in [2.05, 4.69) is 20.3 Å². The van der Waals surface area contributed by atoms with Gasteiger partial charge >= 0.3 is 6.18 Å². The van der Waals surface area contributed by atoms with Crippen LogP contribution < -0.4 is 5.32 Å². The van der Waals surface area contributed by atoms with E-state index in [1.165, 1.54) is 18.0 Å². The zero-order chi connectivity index (χ0) is 17.2. The van der Waals surface area contributed by atoms with Crippen LogP contribution in [0.3, 0.4) is 0 Å². The summed E-state index contributed by atoms with van der Waals surface area (Å²) in [6, 6.07) is 0.666. The summed E-state index contributed by atoms with van der Waals surface area (Å²) in [6.45, 7) is 0. The molecule has 2 rings (SSSR count). The van der Waals surface area contributed by atoms with Gasteiger partial charge in [-0.05, 0) is 12.3 Å². The largest absolute Gasteiger partial charge is 0.417 e. The van der Waals surface area contributed by atoms with E-state index in [4.69, 9.17) is 23.2 Å². The molecule has 5 nitrogen and oxygen atoms in total. The van der Waals surface area contributed by atoms with Crippen molar-refractivity contribution in [2.75, 3.05) is 11.6 Å². The molecule has 0 atom stereocenters. The van der Waals surface area contributed by atoms with E-state index < -0.39 is 17.6 Å². The first-order valence-electron chi connectivity index (χ1n) is 5.83. The molecule has 0 radical (unpaired) electrons. The Morgan fingerprint density at radius 2 is 1.91 bits per heavy atom. The highest BCUT2D eigenvalue weighted by molar-refractivity contribution is 7.98. The van der Waals surface area contributed by atoms with E-state index in [9.17, 15) is 18.0 Å². The Morgan fingerprint density at radius 3 is 2.48 bits per heavy atom. The van der Waals surface area contributed by atoms with Crippen molar-refractivity contribution in [1.29, 1.82) is 0 Å². The summed E-state index contributed by atoms with van der Waals surface area (Å²) in [5.74, 6) is -0.994. The van der Waals surface area contributed by atoms with E-state index in [1.54, 1.807) is 6.26 Å². The van der Waals surface area contributed by atoms with Crippen molar-refractivity contribution >= 4 is 46.7 Å². The van der Waals surface area contributed by atoms with Crippen LogP contribution in [0.25, 0.3) is 0 Å². The second kappa shape index (κ2) is 6.90. The highest BCUT2D eigenvalue weighted by atomic mass is 35.5. The van der Waals surface area contributed by atoms with Gasteiger partial charge in [0.25, 0.3) is 5.91 Å². The number of thioether (sulfide) groups is 1. The van der Waals surface area contributed by atoms with E-state index in [0.717, 1.165) is 0 Å². The van der Waals surface area contributed by atoms with Crippen LogP contribution in [0.1, 0.15) is 16.1 Å². The fraction of sp³-hybridized carbons (Fsp3) is 0.167. The van der Waals surface area contributed by atoms with Crippen molar-refractivity contribution in [3.63, 3.8) is 0 Å². The van der Waals surface area contributed by atoms with E-state index >= 15 is 0 Å². The Labute approximate surface area is 142 Å². The van der Waals surface area contributed by atoms with Crippen molar-refractivity contribution in [2.45, 2.75) is 11.3 Å². The topological polar surface area (TPSA) is 67.8 Å². The number of alkyl halides is 3. The SMILES string of the molecule is CSc1ncc(Cl)c(C(=O)Nc2ncc(C(F)(F)F)cc2Cl)n1. The molecular formula is C12H7Cl2F3N4OS. The monoisotopic (exact) mass is 382 g/mol. The predicted octanol–water partition coefficient (Wildman–Crippen LogP) is 4.17. The number of aromatic nitrogens is 3. The van der Waals surface area contributed by atoms with Gasteiger partial charge in [0.15, 0.2) is 16.7 Å². The maximum Gasteiger partial charge on any atom is 0.417 e. The van der Waals surface area contributed by atoms with E-state index in [-0.39, 0.29) is 21.6 Å². The number of nitrogens with one attached hydrogen (secondary N) is 1. The van der Waals surface area contributed by atoms with Gasteiger partial charge in [0.1, 0.15) is 0 Å². The van der Waals surface area contributed by atoms with Crippen LogP contribution in [0.2, 0.25) is 10.0 Å². The van der Waals surface area contributed by atoms with Gasteiger partial charge in [-0.3, -0.25) is 4.79 Å². The van der Waals surface area contributed by atoms with Crippen LogP contribution in [0, 0.1) is 0 Å². The summed E-state index contributed by atoms with van der Waals surface area (Å²) in [5.41, 5.74) is -1.16. The van der Waals surface area contributed by atoms with Gasteiger partial charge in [-0.2, -0.15) is 13.2 Å². The number of carbonyl (C=O) groups excluding carboxylic acids is 1. The van der Waals surface area contributed by atoms with E-state index in [1.807, 2.05) is 0 Å². The van der Waals surface area contributed by atoms with Crippen LogP contribution in [-0.4, -0.2) is 27.1 Å². The number of hydrogen-bond donors (Lipinski definition) is 1. The zero-order valence-electron chi connectivity index (χ0n) is 11.3. The maximum atomic E-state index is 12.5. The lowest BCUT2D eigenvalue weighted by Crippen LogP contribution is -2.17. The second-order valence-electron chi connectivity index (χ2n) is 4.06. The van der Waals surface area contributed by atoms with Crippen LogP contribution in [0.15, 0.2) is 23.6 Å². The normalized spacial score (nSPS) is 11.4. The molecule has 1 amide bonds. The first-order chi connectivity index (χ1) is 10.7. The Bertz CT molecular complexity index is 758. The molecule has 0 fully saturated rings. The molecular weight excluding hydrogens is 376 g/mol. The van der Waals surface area contributed by atoms with Crippen LogP contribution in [0.4, 0.5) is 19.0 Å². The average Bonchev–Trinajstić information content (AvgIpc) is 2.48. The first-order valence-corrected chi connectivity index (χ1v) is 7.81. The van der Waals surface area contributed by atoms with Gasteiger partial charge in [0, 0.05) is 6.20 Å². The number of nitrogens with zero attached hydrogens (tertiary/aromatic N) is 3. The Hall–Kier alpha value is -1.58. The van der Waals surface area contributed by atoms with Crippen molar-refractivity contribution < 1.29 is 18.0 Å². The minimum atomic E-state index is -4.58. The minimum absolute atomic E-state index is 0.0108. The Kier molecular flexibility index (Phi) is 5.33. The Morgan fingerprint density at radius 1 is 1.22 bits per heavy atom. The van der Waals surface area contributed by atoms with Crippen molar-refractivity contribution in [3.05, 3.63) is 39.8 Å². The highest BCUT2D eigenvalue weighted by Crippen LogP contribution is 2.32. The third-order valence-electron chi connectivity index (χ3n) is 2.52. The Balaban J connectivity index is 2.27. The van der Waals surface area contributed by atoms with Crippen LogP contribution in [0.5, 0.6) is 0 Å². The van der Waals surface area contributed by atoms with Gasteiger partial charge in [-0.1, -0.05) is 35.0 Å². The molecule has 0 saturated heterocycles. The molecule has 2 aromatic heterocycles. The number of hydrogen-bond acceptors (Lipinski definition) is 5. The molecule has 0 spiro atoms.